The molecule has 0 aliphatic carbocycles. The summed E-state index contributed by atoms with van der Waals surface area (Å²) in [5.74, 6) is -0.601. The normalized spacial score (nSPS) is 10.3. The molecule has 0 heterocycles. The number of rotatable bonds is 2. The molecule has 0 atom stereocenters. The smallest absolute Gasteiger partial charge is 0.256 e. The van der Waals surface area contributed by atoms with Crippen LogP contribution in [-0.4, -0.2) is 5.91 Å². The number of hydrogen-bond acceptors (Lipinski definition) is 1. The third-order valence-corrected chi connectivity index (χ3v) is 3.46. The molecule has 0 aliphatic heterocycles. The van der Waals surface area contributed by atoms with E-state index in [-0.39, 0.29) is 11.7 Å². The van der Waals surface area contributed by atoms with E-state index in [9.17, 15) is 9.18 Å². The SMILES string of the molecule is Cc1ccc(C(=O)Nc2ccc(C)c(F)c2)c(Br)c1. The number of benzene rings is 2. The summed E-state index contributed by atoms with van der Waals surface area (Å²) in [6.45, 7) is 3.62. The molecule has 0 spiro atoms. The number of nitrogens with one attached hydrogen (secondary N) is 1. The Morgan fingerprint density at radius 2 is 1.89 bits per heavy atom. The highest BCUT2D eigenvalue weighted by Gasteiger charge is 2.10. The number of hydrogen-bond donors (Lipinski definition) is 1. The molecule has 0 radical (unpaired) electrons. The van der Waals surface area contributed by atoms with Gasteiger partial charge in [0.1, 0.15) is 5.82 Å². The molecular weight excluding hydrogens is 309 g/mol. The van der Waals surface area contributed by atoms with Crippen LogP contribution >= 0.6 is 15.9 Å². The Morgan fingerprint density at radius 3 is 2.53 bits per heavy atom. The summed E-state index contributed by atoms with van der Waals surface area (Å²) < 4.78 is 14.1. The minimum Gasteiger partial charge on any atom is -0.322 e. The Labute approximate surface area is 119 Å². The van der Waals surface area contributed by atoms with E-state index in [4.69, 9.17) is 0 Å². The van der Waals surface area contributed by atoms with Gasteiger partial charge in [0.2, 0.25) is 0 Å². The summed E-state index contributed by atoms with van der Waals surface area (Å²) in [5, 5.41) is 2.68. The van der Waals surface area contributed by atoms with Crippen LogP contribution in [0.15, 0.2) is 40.9 Å². The van der Waals surface area contributed by atoms with Crippen LogP contribution in [0, 0.1) is 19.7 Å². The van der Waals surface area contributed by atoms with Gasteiger partial charge in [-0.15, -0.1) is 0 Å². The van der Waals surface area contributed by atoms with E-state index >= 15 is 0 Å². The number of carbonyl (C=O) groups excluding carboxylic acids is 1. The maximum atomic E-state index is 13.4. The summed E-state index contributed by atoms with van der Waals surface area (Å²) in [4.78, 5) is 12.1. The molecule has 2 aromatic carbocycles. The molecule has 2 nitrogen and oxygen atoms in total. The molecule has 0 saturated carbocycles. The van der Waals surface area contributed by atoms with Gasteiger partial charge < -0.3 is 5.32 Å². The molecular formula is C15H13BrFNO. The van der Waals surface area contributed by atoms with Gasteiger partial charge >= 0.3 is 0 Å². The van der Waals surface area contributed by atoms with Crippen LogP contribution in [0.3, 0.4) is 0 Å². The van der Waals surface area contributed by atoms with Crippen molar-refractivity contribution in [2.24, 2.45) is 0 Å². The predicted octanol–water partition coefficient (Wildman–Crippen LogP) is 4.46. The van der Waals surface area contributed by atoms with Crippen LogP contribution in [-0.2, 0) is 0 Å². The monoisotopic (exact) mass is 321 g/mol. The van der Waals surface area contributed by atoms with Crippen molar-refractivity contribution >= 4 is 27.5 Å². The van der Waals surface area contributed by atoms with Gasteiger partial charge in [0, 0.05) is 10.2 Å². The fourth-order valence-corrected chi connectivity index (χ4v) is 2.35. The van der Waals surface area contributed by atoms with E-state index in [1.54, 1.807) is 25.1 Å². The summed E-state index contributed by atoms with van der Waals surface area (Å²) in [7, 11) is 0. The highest BCUT2D eigenvalue weighted by molar-refractivity contribution is 9.10. The summed E-state index contributed by atoms with van der Waals surface area (Å²) >= 11 is 3.35. The fourth-order valence-electron chi connectivity index (χ4n) is 1.67. The quantitative estimate of drug-likeness (QED) is 0.869. The van der Waals surface area contributed by atoms with Crippen LogP contribution < -0.4 is 5.32 Å². The first-order valence-corrected chi connectivity index (χ1v) is 6.60. The molecule has 0 bridgehead atoms. The molecule has 4 heteroatoms. The van der Waals surface area contributed by atoms with Gasteiger partial charge in [-0.2, -0.15) is 0 Å². The second-order valence-corrected chi connectivity index (χ2v) is 5.26. The van der Waals surface area contributed by atoms with E-state index in [0.29, 0.717) is 16.8 Å². The van der Waals surface area contributed by atoms with Crippen LogP contribution in [0.2, 0.25) is 0 Å². The molecule has 2 aromatic rings. The van der Waals surface area contributed by atoms with Gasteiger partial charge in [-0.05, 0) is 65.2 Å². The first-order valence-electron chi connectivity index (χ1n) is 5.81. The lowest BCUT2D eigenvalue weighted by molar-refractivity contribution is 0.102. The second kappa shape index (κ2) is 5.53. The van der Waals surface area contributed by atoms with E-state index in [1.807, 2.05) is 19.1 Å². The van der Waals surface area contributed by atoms with Gasteiger partial charge in [-0.1, -0.05) is 12.1 Å². The van der Waals surface area contributed by atoms with Crippen molar-refractivity contribution in [2.75, 3.05) is 5.32 Å². The molecule has 1 N–H and O–H groups in total. The summed E-state index contributed by atoms with van der Waals surface area (Å²) in [6.07, 6.45) is 0. The van der Waals surface area contributed by atoms with Gasteiger partial charge in [0.25, 0.3) is 5.91 Å². The zero-order valence-corrected chi connectivity index (χ0v) is 12.2. The van der Waals surface area contributed by atoms with Crippen molar-refractivity contribution in [1.82, 2.24) is 0 Å². The zero-order valence-electron chi connectivity index (χ0n) is 10.6. The van der Waals surface area contributed by atoms with Crippen molar-refractivity contribution in [3.05, 3.63) is 63.4 Å². The summed E-state index contributed by atoms with van der Waals surface area (Å²) in [5.41, 5.74) is 2.58. The van der Waals surface area contributed by atoms with Gasteiger partial charge in [-0.3, -0.25) is 4.79 Å². The molecule has 0 saturated heterocycles. The maximum absolute atomic E-state index is 13.4. The van der Waals surface area contributed by atoms with Crippen LogP contribution in [0.25, 0.3) is 0 Å². The molecule has 98 valence electrons. The first kappa shape index (κ1) is 13.7. The Morgan fingerprint density at radius 1 is 1.16 bits per heavy atom. The van der Waals surface area contributed by atoms with Crippen LogP contribution in [0.1, 0.15) is 21.5 Å². The third kappa shape index (κ3) is 3.20. The zero-order chi connectivity index (χ0) is 14.0. The second-order valence-electron chi connectivity index (χ2n) is 4.40. The number of aryl methyl sites for hydroxylation is 2. The standard InChI is InChI=1S/C15H13BrFNO/c1-9-3-6-12(13(16)7-9)15(19)18-11-5-4-10(2)14(17)8-11/h3-8H,1-2H3,(H,18,19). The van der Waals surface area contributed by atoms with E-state index in [1.165, 1.54) is 6.07 Å². The Kier molecular flexibility index (Phi) is 4.00. The van der Waals surface area contributed by atoms with Crippen molar-refractivity contribution in [1.29, 1.82) is 0 Å². The Bertz CT molecular complexity index is 640. The average Bonchev–Trinajstić information content (AvgIpc) is 2.33. The Balaban J connectivity index is 2.23. The molecule has 0 unspecified atom stereocenters. The number of amides is 1. The predicted molar refractivity (Wildman–Crippen MR) is 78.0 cm³/mol. The van der Waals surface area contributed by atoms with Gasteiger partial charge in [0.05, 0.1) is 5.56 Å². The lowest BCUT2D eigenvalue weighted by Gasteiger charge is -2.08. The molecule has 0 aliphatic rings. The van der Waals surface area contributed by atoms with Crippen LogP contribution in [0.5, 0.6) is 0 Å². The minimum absolute atomic E-state index is 0.268. The van der Waals surface area contributed by atoms with Gasteiger partial charge in [-0.25, -0.2) is 4.39 Å². The van der Waals surface area contributed by atoms with E-state index < -0.39 is 0 Å². The van der Waals surface area contributed by atoms with E-state index in [0.717, 1.165) is 10.0 Å². The molecule has 2 rings (SSSR count). The number of halogens is 2. The van der Waals surface area contributed by atoms with Crippen molar-refractivity contribution in [2.45, 2.75) is 13.8 Å². The highest BCUT2D eigenvalue weighted by Crippen LogP contribution is 2.20. The lowest BCUT2D eigenvalue weighted by Crippen LogP contribution is -2.12. The van der Waals surface area contributed by atoms with E-state index in [2.05, 4.69) is 21.2 Å². The van der Waals surface area contributed by atoms with Crippen molar-refractivity contribution in [3.63, 3.8) is 0 Å². The molecule has 0 fully saturated rings. The topological polar surface area (TPSA) is 29.1 Å². The maximum Gasteiger partial charge on any atom is 0.256 e. The van der Waals surface area contributed by atoms with Crippen molar-refractivity contribution in [3.8, 4) is 0 Å². The third-order valence-electron chi connectivity index (χ3n) is 2.80. The molecule has 19 heavy (non-hydrogen) atoms. The number of anilines is 1. The average molecular weight is 322 g/mol. The van der Waals surface area contributed by atoms with Gasteiger partial charge in [0.15, 0.2) is 0 Å². The fraction of sp³-hybridized carbons (Fsp3) is 0.133. The lowest BCUT2D eigenvalue weighted by atomic mass is 10.1. The summed E-state index contributed by atoms with van der Waals surface area (Å²) in [6, 6.07) is 10.1. The van der Waals surface area contributed by atoms with Crippen molar-refractivity contribution < 1.29 is 9.18 Å². The minimum atomic E-state index is -0.333. The molecule has 0 aromatic heterocycles. The van der Waals surface area contributed by atoms with Crippen LogP contribution in [0.4, 0.5) is 10.1 Å². The number of carbonyl (C=O) groups is 1. The molecule has 1 amide bonds. The highest BCUT2D eigenvalue weighted by atomic mass is 79.9. The first-order chi connectivity index (χ1) is 8.97. The largest absolute Gasteiger partial charge is 0.322 e. The Hall–Kier alpha value is -1.68.